The van der Waals surface area contributed by atoms with E-state index in [1.165, 1.54) is 6.20 Å². The van der Waals surface area contributed by atoms with Gasteiger partial charge < -0.3 is 20.5 Å². The van der Waals surface area contributed by atoms with Crippen LogP contribution in [0.5, 0.6) is 0 Å². The number of carboxylic acids is 1. The number of ether oxygens (including phenoxy) is 1. The van der Waals surface area contributed by atoms with E-state index in [0.717, 1.165) is 6.20 Å². The number of carboxylic acid groups (broad SMARTS) is 1. The van der Waals surface area contributed by atoms with Crippen LogP contribution in [-0.4, -0.2) is 53.3 Å². The number of carbonyl (C=O) groups is 2. The minimum Gasteiger partial charge on any atom is -0.476 e. The smallest absolute Gasteiger partial charge is 0.356 e. The lowest BCUT2D eigenvalue weighted by molar-refractivity contribution is -0.121. The van der Waals surface area contributed by atoms with Crippen molar-refractivity contribution in [3.63, 3.8) is 0 Å². The standard InChI is InChI=1S/C11H16N4O4/c1-7(10(16)12-3-4-19-2)15-9-6-13-8(5-14-9)11(17)18/h5-7H,3-4H2,1-2H3,(H,12,16)(H,14,15)(H,17,18). The second-order valence-corrected chi connectivity index (χ2v) is 3.74. The van der Waals surface area contributed by atoms with Crippen LogP contribution in [0.15, 0.2) is 12.4 Å². The van der Waals surface area contributed by atoms with Crippen molar-refractivity contribution in [2.24, 2.45) is 0 Å². The molecule has 0 spiro atoms. The van der Waals surface area contributed by atoms with Crippen molar-refractivity contribution in [2.45, 2.75) is 13.0 Å². The number of carbonyl (C=O) groups excluding carboxylic acids is 1. The van der Waals surface area contributed by atoms with Crippen LogP contribution in [0.2, 0.25) is 0 Å². The molecule has 104 valence electrons. The molecule has 3 N–H and O–H groups in total. The van der Waals surface area contributed by atoms with Gasteiger partial charge in [0.05, 0.1) is 19.0 Å². The number of aromatic nitrogens is 2. The Bertz CT molecular complexity index is 435. The van der Waals surface area contributed by atoms with E-state index >= 15 is 0 Å². The van der Waals surface area contributed by atoms with E-state index in [-0.39, 0.29) is 11.6 Å². The van der Waals surface area contributed by atoms with Crippen molar-refractivity contribution >= 4 is 17.7 Å². The van der Waals surface area contributed by atoms with Crippen molar-refractivity contribution in [3.8, 4) is 0 Å². The summed E-state index contributed by atoms with van der Waals surface area (Å²) in [5.74, 6) is -1.02. The van der Waals surface area contributed by atoms with Crippen molar-refractivity contribution in [1.29, 1.82) is 0 Å². The summed E-state index contributed by atoms with van der Waals surface area (Å²) in [6, 6.07) is -0.512. The normalized spacial score (nSPS) is 11.7. The second-order valence-electron chi connectivity index (χ2n) is 3.74. The first-order valence-corrected chi connectivity index (χ1v) is 5.63. The van der Waals surface area contributed by atoms with E-state index in [4.69, 9.17) is 9.84 Å². The van der Waals surface area contributed by atoms with Gasteiger partial charge in [0.2, 0.25) is 5.91 Å². The lowest BCUT2D eigenvalue weighted by atomic mass is 10.3. The lowest BCUT2D eigenvalue weighted by Crippen LogP contribution is -2.39. The molecule has 8 heteroatoms. The molecule has 0 aliphatic rings. The molecule has 1 heterocycles. The summed E-state index contributed by atoms with van der Waals surface area (Å²) in [5, 5.41) is 14.1. The third-order valence-electron chi connectivity index (χ3n) is 2.23. The summed E-state index contributed by atoms with van der Waals surface area (Å²) < 4.78 is 4.81. The molecule has 0 aliphatic carbocycles. The van der Waals surface area contributed by atoms with E-state index in [0.29, 0.717) is 19.0 Å². The van der Waals surface area contributed by atoms with Crippen LogP contribution in [0.4, 0.5) is 5.82 Å². The summed E-state index contributed by atoms with van der Waals surface area (Å²) in [7, 11) is 1.55. The minimum absolute atomic E-state index is 0.150. The largest absolute Gasteiger partial charge is 0.476 e. The maximum atomic E-state index is 11.6. The first-order chi connectivity index (χ1) is 9.04. The monoisotopic (exact) mass is 268 g/mol. The zero-order chi connectivity index (χ0) is 14.3. The number of aromatic carboxylic acids is 1. The highest BCUT2D eigenvalue weighted by molar-refractivity contribution is 5.85. The molecule has 0 radical (unpaired) electrons. The number of nitrogens with zero attached hydrogens (tertiary/aromatic N) is 2. The van der Waals surface area contributed by atoms with E-state index in [1.807, 2.05) is 0 Å². The van der Waals surface area contributed by atoms with Crippen LogP contribution in [0.25, 0.3) is 0 Å². The second kappa shape index (κ2) is 7.27. The van der Waals surface area contributed by atoms with Gasteiger partial charge in [-0.05, 0) is 6.92 Å². The molecule has 1 rings (SSSR count). The third kappa shape index (κ3) is 4.88. The molecule has 0 saturated carbocycles. The summed E-state index contributed by atoms with van der Waals surface area (Å²) >= 11 is 0. The SMILES string of the molecule is COCCNC(=O)C(C)Nc1cnc(C(=O)O)cn1. The van der Waals surface area contributed by atoms with Crippen molar-refractivity contribution < 1.29 is 19.4 Å². The van der Waals surface area contributed by atoms with E-state index in [2.05, 4.69) is 20.6 Å². The summed E-state index contributed by atoms with van der Waals surface area (Å²) in [6.07, 6.45) is 2.39. The van der Waals surface area contributed by atoms with Crippen LogP contribution >= 0.6 is 0 Å². The summed E-state index contributed by atoms with van der Waals surface area (Å²) in [5.41, 5.74) is -0.150. The van der Waals surface area contributed by atoms with Crippen LogP contribution in [-0.2, 0) is 9.53 Å². The van der Waals surface area contributed by atoms with Gasteiger partial charge in [-0.25, -0.2) is 14.8 Å². The number of anilines is 1. The van der Waals surface area contributed by atoms with Crippen LogP contribution in [0, 0.1) is 0 Å². The highest BCUT2D eigenvalue weighted by Gasteiger charge is 2.13. The maximum Gasteiger partial charge on any atom is 0.356 e. The molecule has 0 bridgehead atoms. The Hall–Kier alpha value is -2.22. The quantitative estimate of drug-likeness (QED) is 0.584. The number of hydrogen-bond acceptors (Lipinski definition) is 6. The third-order valence-corrected chi connectivity index (χ3v) is 2.23. The highest BCUT2D eigenvalue weighted by atomic mass is 16.5. The number of nitrogens with one attached hydrogen (secondary N) is 2. The van der Waals surface area contributed by atoms with Gasteiger partial charge in [0.25, 0.3) is 0 Å². The van der Waals surface area contributed by atoms with E-state index in [1.54, 1.807) is 14.0 Å². The fourth-order valence-electron chi connectivity index (χ4n) is 1.23. The molecule has 0 aromatic carbocycles. The number of hydrogen-bond donors (Lipinski definition) is 3. The Kier molecular flexibility index (Phi) is 5.68. The van der Waals surface area contributed by atoms with Gasteiger partial charge in [0.1, 0.15) is 11.9 Å². The van der Waals surface area contributed by atoms with Gasteiger partial charge >= 0.3 is 5.97 Å². The molecule has 1 unspecified atom stereocenters. The molecule has 0 fully saturated rings. The highest BCUT2D eigenvalue weighted by Crippen LogP contribution is 2.03. The maximum absolute atomic E-state index is 11.6. The summed E-state index contributed by atoms with van der Waals surface area (Å²) in [6.45, 7) is 2.52. The van der Waals surface area contributed by atoms with E-state index < -0.39 is 12.0 Å². The molecule has 1 aromatic heterocycles. The molecule has 19 heavy (non-hydrogen) atoms. The zero-order valence-electron chi connectivity index (χ0n) is 10.7. The molecule has 8 nitrogen and oxygen atoms in total. The molecular weight excluding hydrogens is 252 g/mol. The van der Waals surface area contributed by atoms with Gasteiger partial charge in [-0.15, -0.1) is 0 Å². The van der Waals surface area contributed by atoms with Crippen molar-refractivity contribution in [3.05, 3.63) is 18.1 Å². The molecule has 1 aromatic rings. The fourth-order valence-corrected chi connectivity index (χ4v) is 1.23. The average molecular weight is 268 g/mol. The van der Waals surface area contributed by atoms with Gasteiger partial charge in [-0.1, -0.05) is 0 Å². The molecule has 1 atom stereocenters. The van der Waals surface area contributed by atoms with Crippen molar-refractivity contribution in [2.75, 3.05) is 25.6 Å². The molecular formula is C11H16N4O4. The Morgan fingerprint density at radius 3 is 2.68 bits per heavy atom. The molecule has 0 aliphatic heterocycles. The predicted molar refractivity (Wildman–Crippen MR) is 67.0 cm³/mol. The average Bonchev–Trinajstić information content (AvgIpc) is 2.39. The van der Waals surface area contributed by atoms with Crippen LogP contribution in [0.3, 0.4) is 0 Å². The molecule has 0 saturated heterocycles. The van der Waals surface area contributed by atoms with Gasteiger partial charge in [0.15, 0.2) is 5.69 Å². The Morgan fingerprint density at radius 2 is 2.16 bits per heavy atom. The summed E-state index contributed by atoms with van der Waals surface area (Å²) in [4.78, 5) is 29.8. The Balaban J connectivity index is 2.49. The molecule has 1 amide bonds. The van der Waals surface area contributed by atoms with Gasteiger partial charge in [-0.3, -0.25) is 4.79 Å². The zero-order valence-corrected chi connectivity index (χ0v) is 10.7. The predicted octanol–water partition coefficient (Wildman–Crippen LogP) is -0.262. The van der Waals surface area contributed by atoms with Crippen LogP contribution < -0.4 is 10.6 Å². The Morgan fingerprint density at radius 1 is 1.42 bits per heavy atom. The van der Waals surface area contributed by atoms with Crippen LogP contribution in [0.1, 0.15) is 17.4 Å². The Labute approximate surface area is 110 Å². The number of amides is 1. The van der Waals surface area contributed by atoms with Gasteiger partial charge in [0, 0.05) is 13.7 Å². The minimum atomic E-state index is -1.15. The number of rotatable bonds is 7. The number of methoxy groups -OCH3 is 1. The van der Waals surface area contributed by atoms with Gasteiger partial charge in [-0.2, -0.15) is 0 Å². The topological polar surface area (TPSA) is 113 Å². The lowest BCUT2D eigenvalue weighted by Gasteiger charge is -2.14. The fraction of sp³-hybridized carbons (Fsp3) is 0.455. The van der Waals surface area contributed by atoms with Crippen molar-refractivity contribution in [1.82, 2.24) is 15.3 Å². The van der Waals surface area contributed by atoms with E-state index in [9.17, 15) is 9.59 Å². The first-order valence-electron chi connectivity index (χ1n) is 5.63. The first kappa shape index (κ1) is 14.8.